The lowest BCUT2D eigenvalue weighted by Crippen LogP contribution is -2.42. The Labute approximate surface area is 130 Å². The number of halogens is 2. The first-order chi connectivity index (χ1) is 8.95. The molecule has 2 rings (SSSR count). The molecule has 1 aliphatic rings. The lowest BCUT2D eigenvalue weighted by Gasteiger charge is -2.31. The average Bonchev–Trinajstić information content (AvgIpc) is 2.84. The molecule has 2 N–H and O–H groups in total. The van der Waals surface area contributed by atoms with Crippen LogP contribution in [0.3, 0.4) is 0 Å². The predicted octanol–water partition coefficient (Wildman–Crippen LogP) is 3.79. The number of benzene rings is 1. The molecule has 0 aromatic heterocycles. The summed E-state index contributed by atoms with van der Waals surface area (Å²) >= 11 is 6.90. The summed E-state index contributed by atoms with van der Waals surface area (Å²) in [5.74, 6) is 0.416. The van der Waals surface area contributed by atoms with Crippen molar-refractivity contribution in [3.63, 3.8) is 0 Å². The van der Waals surface area contributed by atoms with Crippen molar-refractivity contribution >= 4 is 43.5 Å². The summed E-state index contributed by atoms with van der Waals surface area (Å²) < 4.78 is 1.85. The van der Waals surface area contributed by atoms with Crippen molar-refractivity contribution in [1.29, 1.82) is 0 Å². The Kier molecular flexibility index (Phi) is 4.69. The fourth-order valence-electron chi connectivity index (χ4n) is 2.50. The predicted molar refractivity (Wildman–Crippen MR) is 85.2 cm³/mol. The highest BCUT2D eigenvalue weighted by Crippen LogP contribution is 2.36. The van der Waals surface area contributed by atoms with Gasteiger partial charge in [0.15, 0.2) is 0 Å². The molecule has 0 spiro atoms. The van der Waals surface area contributed by atoms with E-state index in [2.05, 4.69) is 56.3 Å². The number of hydrogen-bond donors (Lipinski definition) is 2. The second-order valence-electron chi connectivity index (χ2n) is 5.32. The van der Waals surface area contributed by atoms with Crippen LogP contribution < -0.4 is 10.6 Å². The summed E-state index contributed by atoms with van der Waals surface area (Å²) in [7, 11) is 0. The van der Waals surface area contributed by atoms with Crippen molar-refractivity contribution in [1.82, 2.24) is 5.32 Å². The van der Waals surface area contributed by atoms with Gasteiger partial charge in [0, 0.05) is 15.5 Å². The molecule has 0 aliphatic carbocycles. The maximum absolute atomic E-state index is 12.7. The van der Waals surface area contributed by atoms with Crippen LogP contribution in [0, 0.1) is 11.3 Å². The summed E-state index contributed by atoms with van der Waals surface area (Å²) in [6, 6.07) is 5.78. The van der Waals surface area contributed by atoms with Crippen molar-refractivity contribution in [2.45, 2.75) is 20.3 Å². The third-order valence-electron chi connectivity index (χ3n) is 3.92. The topological polar surface area (TPSA) is 41.1 Å². The van der Waals surface area contributed by atoms with Gasteiger partial charge in [-0.15, -0.1) is 0 Å². The van der Waals surface area contributed by atoms with E-state index in [9.17, 15) is 4.79 Å². The van der Waals surface area contributed by atoms with E-state index < -0.39 is 0 Å². The highest BCUT2D eigenvalue weighted by Gasteiger charge is 2.43. The van der Waals surface area contributed by atoms with Crippen molar-refractivity contribution in [3.8, 4) is 0 Å². The molecule has 1 heterocycles. The van der Waals surface area contributed by atoms with Crippen molar-refractivity contribution < 1.29 is 4.79 Å². The summed E-state index contributed by atoms with van der Waals surface area (Å²) in [5, 5.41) is 6.36. The minimum Gasteiger partial charge on any atom is -0.324 e. The second kappa shape index (κ2) is 5.94. The van der Waals surface area contributed by atoms with E-state index in [0.717, 1.165) is 34.1 Å². The van der Waals surface area contributed by atoms with Gasteiger partial charge in [-0.2, -0.15) is 0 Å². The van der Waals surface area contributed by atoms with Crippen LogP contribution in [0.1, 0.15) is 20.3 Å². The maximum atomic E-state index is 12.7. The molecule has 0 radical (unpaired) electrons. The Hall–Kier alpha value is -0.390. The van der Waals surface area contributed by atoms with E-state index in [4.69, 9.17) is 0 Å². The summed E-state index contributed by atoms with van der Waals surface area (Å²) in [4.78, 5) is 12.7. The second-order valence-corrected chi connectivity index (χ2v) is 7.09. The number of carbonyl (C=O) groups is 1. The molecule has 1 aliphatic heterocycles. The Morgan fingerprint density at radius 3 is 2.74 bits per heavy atom. The lowest BCUT2D eigenvalue weighted by molar-refractivity contribution is -0.126. The van der Waals surface area contributed by atoms with Crippen LogP contribution in [-0.2, 0) is 4.79 Å². The largest absolute Gasteiger partial charge is 0.324 e. The van der Waals surface area contributed by atoms with E-state index in [-0.39, 0.29) is 11.3 Å². The van der Waals surface area contributed by atoms with Gasteiger partial charge in [-0.05, 0) is 53.0 Å². The smallest absolute Gasteiger partial charge is 0.232 e. The molecule has 1 fully saturated rings. The number of carbonyl (C=O) groups excluding carboxylic acids is 1. The van der Waals surface area contributed by atoms with Gasteiger partial charge in [-0.1, -0.05) is 29.8 Å². The van der Waals surface area contributed by atoms with E-state index in [1.165, 1.54) is 0 Å². The Morgan fingerprint density at radius 1 is 1.42 bits per heavy atom. The van der Waals surface area contributed by atoms with Crippen molar-refractivity contribution in [3.05, 3.63) is 27.1 Å². The average molecular weight is 390 g/mol. The normalized spacial score (nSPS) is 22.8. The van der Waals surface area contributed by atoms with Gasteiger partial charge < -0.3 is 10.6 Å². The number of anilines is 1. The van der Waals surface area contributed by atoms with Gasteiger partial charge in [0.25, 0.3) is 0 Å². The van der Waals surface area contributed by atoms with E-state index in [1.54, 1.807) is 0 Å². The first kappa shape index (κ1) is 15.0. The highest BCUT2D eigenvalue weighted by atomic mass is 79.9. The molecule has 0 saturated carbocycles. The van der Waals surface area contributed by atoms with Crippen LogP contribution in [0.4, 0.5) is 5.69 Å². The quantitative estimate of drug-likeness (QED) is 0.825. The molecule has 0 bridgehead atoms. The van der Waals surface area contributed by atoms with Crippen LogP contribution in [0.25, 0.3) is 0 Å². The Balaban J connectivity index is 2.22. The zero-order valence-electron chi connectivity index (χ0n) is 11.1. The van der Waals surface area contributed by atoms with Gasteiger partial charge in [-0.25, -0.2) is 0 Å². The van der Waals surface area contributed by atoms with E-state index in [1.807, 2.05) is 18.2 Å². The fraction of sp³-hybridized carbons (Fsp3) is 0.500. The number of amides is 1. The lowest BCUT2D eigenvalue weighted by atomic mass is 9.75. The molecule has 3 nitrogen and oxygen atoms in total. The van der Waals surface area contributed by atoms with Crippen LogP contribution in [0.5, 0.6) is 0 Å². The van der Waals surface area contributed by atoms with Crippen LogP contribution in [-0.4, -0.2) is 19.0 Å². The zero-order chi connectivity index (χ0) is 14.0. The fourth-order valence-corrected chi connectivity index (χ4v) is 3.21. The monoisotopic (exact) mass is 388 g/mol. The summed E-state index contributed by atoms with van der Waals surface area (Å²) in [5.41, 5.74) is 0.508. The summed E-state index contributed by atoms with van der Waals surface area (Å²) in [6.07, 6.45) is 0.891. The first-order valence-electron chi connectivity index (χ1n) is 6.43. The molecule has 1 aromatic carbocycles. The van der Waals surface area contributed by atoms with Gasteiger partial charge in [0.2, 0.25) is 5.91 Å². The minimum atomic E-state index is -0.304. The number of nitrogens with one attached hydrogen (secondary N) is 2. The molecular formula is C14H18Br2N2O. The molecule has 5 heteroatoms. The molecule has 104 valence electrons. The van der Waals surface area contributed by atoms with E-state index in [0.29, 0.717) is 5.92 Å². The standard InChI is InChI=1S/C14H18Br2N2O/c1-9(2)14(5-6-17-8-14)13(19)18-12-7-10(15)3-4-11(12)16/h3-4,7,9,17H,5-6,8H2,1-2H3,(H,18,19). The zero-order valence-corrected chi connectivity index (χ0v) is 14.3. The maximum Gasteiger partial charge on any atom is 0.232 e. The van der Waals surface area contributed by atoms with Crippen LogP contribution in [0.2, 0.25) is 0 Å². The molecule has 1 saturated heterocycles. The Morgan fingerprint density at radius 2 is 2.16 bits per heavy atom. The van der Waals surface area contributed by atoms with Gasteiger partial charge in [-0.3, -0.25) is 4.79 Å². The first-order valence-corrected chi connectivity index (χ1v) is 8.01. The number of hydrogen-bond acceptors (Lipinski definition) is 2. The Bertz CT molecular complexity index is 482. The molecule has 1 amide bonds. The van der Waals surface area contributed by atoms with Crippen molar-refractivity contribution in [2.24, 2.45) is 11.3 Å². The van der Waals surface area contributed by atoms with Crippen LogP contribution >= 0.6 is 31.9 Å². The van der Waals surface area contributed by atoms with Gasteiger partial charge >= 0.3 is 0 Å². The third kappa shape index (κ3) is 3.03. The minimum absolute atomic E-state index is 0.103. The SMILES string of the molecule is CC(C)C1(C(=O)Nc2cc(Br)ccc2Br)CCNC1. The van der Waals surface area contributed by atoms with E-state index >= 15 is 0 Å². The third-order valence-corrected chi connectivity index (χ3v) is 5.11. The van der Waals surface area contributed by atoms with Gasteiger partial charge in [0.05, 0.1) is 11.1 Å². The highest BCUT2D eigenvalue weighted by molar-refractivity contribution is 9.11. The van der Waals surface area contributed by atoms with Crippen LogP contribution in [0.15, 0.2) is 27.1 Å². The number of rotatable bonds is 3. The molecule has 1 atom stereocenters. The molecule has 1 unspecified atom stereocenters. The molecule has 19 heavy (non-hydrogen) atoms. The molecular weight excluding hydrogens is 372 g/mol. The molecule has 1 aromatic rings. The van der Waals surface area contributed by atoms with Crippen molar-refractivity contribution in [2.75, 3.05) is 18.4 Å². The van der Waals surface area contributed by atoms with Gasteiger partial charge in [0.1, 0.15) is 0 Å². The summed E-state index contributed by atoms with van der Waals surface area (Å²) in [6.45, 7) is 5.89.